The number of Topliss-reactive ketones (excluding diaryl/α,β-unsaturated/α-hetero) is 1. The minimum atomic E-state index is -1.12. The van der Waals surface area contributed by atoms with Crippen molar-refractivity contribution >= 4 is 11.7 Å². The van der Waals surface area contributed by atoms with Crippen LogP contribution in [0.4, 0.5) is 4.39 Å². The number of hydrogen-bond donors (Lipinski definition) is 1. The van der Waals surface area contributed by atoms with Crippen molar-refractivity contribution in [3.63, 3.8) is 0 Å². The minimum Gasteiger partial charge on any atom is -0.340 e. The molecule has 1 aromatic rings. The molecule has 1 saturated heterocycles. The number of nitrogens with one attached hydrogen (secondary N) is 1. The monoisotopic (exact) mass is 269 g/mol. The number of amides is 1. The highest BCUT2D eigenvalue weighted by molar-refractivity contribution is 5.83. The van der Waals surface area contributed by atoms with Crippen LogP contribution >= 0.6 is 0 Å². The van der Waals surface area contributed by atoms with Crippen LogP contribution in [-0.4, -0.2) is 39.2 Å². The van der Waals surface area contributed by atoms with Gasteiger partial charge in [-0.2, -0.15) is 4.39 Å². The Morgan fingerprint density at radius 3 is 2.53 bits per heavy atom. The Hall–Kier alpha value is -2.25. The predicted molar refractivity (Wildman–Crippen MR) is 62.1 cm³/mol. The van der Waals surface area contributed by atoms with E-state index in [1.165, 1.54) is 4.90 Å². The quantitative estimate of drug-likeness (QED) is 0.735. The Morgan fingerprint density at radius 2 is 1.89 bits per heavy atom. The molecule has 1 amide bonds. The largest absolute Gasteiger partial charge is 0.340 e. The first-order valence-electron chi connectivity index (χ1n) is 5.76. The van der Waals surface area contributed by atoms with Crippen LogP contribution in [0.3, 0.4) is 0 Å². The first-order valence-corrected chi connectivity index (χ1v) is 5.76. The topological polar surface area (TPSA) is 92.2 Å². The lowest BCUT2D eigenvalue weighted by atomic mass is 10.1. The second-order valence-electron chi connectivity index (χ2n) is 4.28. The molecule has 0 spiro atoms. The molecule has 0 radical (unpaired) electrons. The molecule has 8 heteroatoms. The summed E-state index contributed by atoms with van der Waals surface area (Å²) in [6.07, 6.45) is 1.29. The number of aromatic nitrogens is 2. The standard InChI is InChI=1S/C11H12FN3O4/c12-8-5-15(11(19)13-10(8)18)6-9(17)14-3-1-7(16)2-4-14/h5H,1-4,6H2,(H,13,18,19). The number of rotatable bonds is 2. The van der Waals surface area contributed by atoms with Gasteiger partial charge in [0.25, 0.3) is 5.56 Å². The lowest BCUT2D eigenvalue weighted by Crippen LogP contribution is -2.42. The SMILES string of the molecule is O=C1CCN(C(=O)Cn2cc(F)c(=O)[nH]c2=O)CC1. The molecule has 19 heavy (non-hydrogen) atoms. The average Bonchev–Trinajstić information content (AvgIpc) is 2.36. The molecule has 2 heterocycles. The number of halogens is 1. The van der Waals surface area contributed by atoms with Crippen molar-refractivity contribution < 1.29 is 14.0 Å². The van der Waals surface area contributed by atoms with E-state index in [0.29, 0.717) is 32.1 Å². The number of hydrogen-bond acceptors (Lipinski definition) is 4. The molecule has 0 aliphatic carbocycles. The molecule has 7 nitrogen and oxygen atoms in total. The molecular weight excluding hydrogens is 257 g/mol. The summed E-state index contributed by atoms with van der Waals surface area (Å²) in [5, 5.41) is 0. The van der Waals surface area contributed by atoms with Crippen molar-refractivity contribution in [3.05, 3.63) is 32.9 Å². The highest BCUT2D eigenvalue weighted by Crippen LogP contribution is 2.06. The van der Waals surface area contributed by atoms with E-state index in [0.717, 1.165) is 4.57 Å². The summed E-state index contributed by atoms with van der Waals surface area (Å²) in [6.45, 7) is 0.247. The van der Waals surface area contributed by atoms with Crippen molar-refractivity contribution in [1.82, 2.24) is 14.5 Å². The number of piperidine rings is 1. The number of H-pyrrole nitrogens is 1. The van der Waals surface area contributed by atoms with E-state index < -0.39 is 17.1 Å². The van der Waals surface area contributed by atoms with E-state index >= 15 is 0 Å². The van der Waals surface area contributed by atoms with Crippen molar-refractivity contribution in [3.8, 4) is 0 Å². The van der Waals surface area contributed by atoms with Gasteiger partial charge in [0.05, 0.1) is 6.20 Å². The third-order valence-corrected chi connectivity index (χ3v) is 2.95. The summed E-state index contributed by atoms with van der Waals surface area (Å²) >= 11 is 0. The summed E-state index contributed by atoms with van der Waals surface area (Å²) in [7, 11) is 0. The summed E-state index contributed by atoms with van der Waals surface area (Å²) in [5.41, 5.74) is -1.95. The van der Waals surface area contributed by atoms with E-state index in [1.54, 1.807) is 4.98 Å². The summed E-state index contributed by atoms with van der Waals surface area (Å²) < 4.78 is 13.8. The third kappa shape index (κ3) is 2.95. The van der Waals surface area contributed by atoms with Gasteiger partial charge in [0.1, 0.15) is 12.3 Å². The number of ketones is 1. The van der Waals surface area contributed by atoms with Crippen LogP contribution in [0.15, 0.2) is 15.8 Å². The molecular formula is C11H12FN3O4. The fourth-order valence-electron chi connectivity index (χ4n) is 1.85. The molecule has 0 atom stereocenters. The highest BCUT2D eigenvalue weighted by atomic mass is 19.1. The predicted octanol–water partition coefficient (Wildman–Crippen LogP) is -1.13. The van der Waals surface area contributed by atoms with Gasteiger partial charge in [0.2, 0.25) is 11.7 Å². The first kappa shape index (κ1) is 13.2. The summed E-state index contributed by atoms with van der Waals surface area (Å²) in [6, 6.07) is 0. The van der Waals surface area contributed by atoms with E-state index in [1.807, 2.05) is 0 Å². The number of carbonyl (C=O) groups excluding carboxylic acids is 2. The first-order chi connectivity index (χ1) is 8.97. The van der Waals surface area contributed by atoms with Crippen molar-refractivity contribution in [2.75, 3.05) is 13.1 Å². The van der Waals surface area contributed by atoms with Gasteiger partial charge >= 0.3 is 5.69 Å². The lowest BCUT2D eigenvalue weighted by Gasteiger charge is -2.26. The number of aromatic amines is 1. The Balaban J connectivity index is 2.11. The summed E-state index contributed by atoms with van der Waals surface area (Å²) in [5.74, 6) is -1.42. The zero-order valence-electron chi connectivity index (χ0n) is 10.0. The van der Waals surface area contributed by atoms with Crippen LogP contribution < -0.4 is 11.2 Å². The van der Waals surface area contributed by atoms with Crippen molar-refractivity contribution in [2.24, 2.45) is 0 Å². The van der Waals surface area contributed by atoms with Crippen molar-refractivity contribution in [1.29, 1.82) is 0 Å². The molecule has 0 aromatic carbocycles. The Bertz CT molecular complexity index is 624. The molecule has 1 aromatic heterocycles. The maximum atomic E-state index is 13.0. The van der Waals surface area contributed by atoms with Gasteiger partial charge in [-0.3, -0.25) is 23.9 Å². The minimum absolute atomic E-state index is 0.0938. The molecule has 0 bridgehead atoms. The lowest BCUT2D eigenvalue weighted by molar-refractivity contribution is -0.135. The molecule has 0 unspecified atom stereocenters. The van der Waals surface area contributed by atoms with E-state index in [4.69, 9.17) is 0 Å². The van der Waals surface area contributed by atoms with Crippen LogP contribution in [0, 0.1) is 5.82 Å². The average molecular weight is 269 g/mol. The fourth-order valence-corrected chi connectivity index (χ4v) is 1.85. The summed E-state index contributed by atoms with van der Waals surface area (Å²) in [4.78, 5) is 48.3. The zero-order chi connectivity index (χ0) is 14.0. The molecule has 1 N–H and O–H groups in total. The molecule has 1 fully saturated rings. The van der Waals surface area contributed by atoms with Gasteiger partial charge in [-0.25, -0.2) is 4.79 Å². The Morgan fingerprint density at radius 1 is 1.26 bits per heavy atom. The number of nitrogens with zero attached hydrogens (tertiary/aromatic N) is 2. The molecule has 1 aliphatic heterocycles. The van der Waals surface area contributed by atoms with Gasteiger partial charge in [-0.1, -0.05) is 0 Å². The number of carbonyl (C=O) groups is 2. The highest BCUT2D eigenvalue weighted by Gasteiger charge is 2.21. The molecule has 2 rings (SSSR count). The Kier molecular flexibility index (Phi) is 3.59. The van der Waals surface area contributed by atoms with Crippen LogP contribution in [0.1, 0.15) is 12.8 Å². The van der Waals surface area contributed by atoms with Gasteiger partial charge in [0, 0.05) is 25.9 Å². The van der Waals surface area contributed by atoms with Crippen LogP contribution in [0.5, 0.6) is 0 Å². The van der Waals surface area contributed by atoms with E-state index in [9.17, 15) is 23.6 Å². The Labute approximate surface area is 106 Å². The zero-order valence-corrected chi connectivity index (χ0v) is 10.0. The molecule has 0 saturated carbocycles. The molecule has 1 aliphatic rings. The van der Waals surface area contributed by atoms with Gasteiger partial charge in [-0.05, 0) is 0 Å². The second kappa shape index (κ2) is 5.17. The van der Waals surface area contributed by atoms with Crippen molar-refractivity contribution in [2.45, 2.75) is 19.4 Å². The fraction of sp³-hybridized carbons (Fsp3) is 0.455. The second-order valence-corrected chi connectivity index (χ2v) is 4.28. The van der Waals surface area contributed by atoms with Crippen LogP contribution in [0.25, 0.3) is 0 Å². The normalized spacial score (nSPS) is 15.6. The molecule has 102 valence electrons. The maximum absolute atomic E-state index is 13.0. The van der Waals surface area contributed by atoms with Gasteiger partial charge < -0.3 is 4.90 Å². The van der Waals surface area contributed by atoms with Gasteiger partial charge in [-0.15, -0.1) is 0 Å². The third-order valence-electron chi connectivity index (χ3n) is 2.95. The van der Waals surface area contributed by atoms with Crippen LogP contribution in [0.2, 0.25) is 0 Å². The van der Waals surface area contributed by atoms with E-state index in [2.05, 4.69) is 0 Å². The smallest absolute Gasteiger partial charge is 0.328 e. The van der Waals surface area contributed by atoms with Gasteiger partial charge in [0.15, 0.2) is 0 Å². The maximum Gasteiger partial charge on any atom is 0.328 e. The van der Waals surface area contributed by atoms with Crippen LogP contribution in [-0.2, 0) is 16.1 Å². The van der Waals surface area contributed by atoms with E-state index in [-0.39, 0.29) is 18.2 Å². The number of likely N-dealkylation sites (tertiary alicyclic amines) is 1.